The Morgan fingerprint density at radius 1 is 0.742 bits per heavy atom. The van der Waals surface area contributed by atoms with Gasteiger partial charge in [-0.2, -0.15) is 0 Å². The van der Waals surface area contributed by atoms with Crippen molar-refractivity contribution < 1.29 is 77.3 Å². The van der Waals surface area contributed by atoms with Crippen LogP contribution in [0.1, 0.15) is 120 Å². The lowest BCUT2D eigenvalue weighted by molar-refractivity contribution is -0.369. The number of carboxylic acids is 1. The van der Waals surface area contributed by atoms with E-state index in [4.69, 9.17) is 52.1 Å². The van der Waals surface area contributed by atoms with Gasteiger partial charge in [0, 0.05) is 76.6 Å². The van der Waals surface area contributed by atoms with Gasteiger partial charge in [-0.05, 0) is 58.8 Å². The van der Waals surface area contributed by atoms with Gasteiger partial charge in [-0.25, -0.2) is 4.79 Å². The number of rotatable bonds is 12. The summed E-state index contributed by atoms with van der Waals surface area (Å²) in [5.41, 5.74) is -0.881. The smallest absolute Gasteiger partial charge is 0.338 e. The molecular weight excluding hydrogens is 808 g/mol. The Balaban J connectivity index is 1.12. The van der Waals surface area contributed by atoms with Crippen LogP contribution in [0.15, 0.2) is 0 Å². The molecule has 7 saturated heterocycles. The maximum atomic E-state index is 12.0. The SMILES string of the molecule is COC1CCC(OC2CC(C3CCC(C4OC(C)(O)C(C)CC4C)O3)OC2C2(C)CC(C)C3(OC(CC4OC(O)(C(O)C(=O)O)C(C)C(OC)C4C)CC(OC)C3C)O2)OC1C. The second-order valence-electron chi connectivity index (χ2n) is 20.7. The monoisotopic (exact) mass is 887 g/mol. The average Bonchev–Trinajstić information content (AvgIpc) is 3.94. The van der Waals surface area contributed by atoms with Crippen molar-refractivity contribution in [1.82, 2.24) is 0 Å². The number of carbonyl (C=O) groups is 1. The standard InChI is InChI=1S/C46H78O16/c1-22-17-23(2)44(9,50)61-38(22)32-14-13-31(56-32)35-20-36(57-37-16-15-30(52-10)28(7)55-37)41(58-35)43(8)21-24(3)46(62-43)26(5)34(53-11)19-29(59-46)18-33-25(4)39(54-12)27(6)45(51,60-33)40(47)42(48)49/h22-41,47,50-51H,13-21H2,1-12H3,(H,48,49). The van der Waals surface area contributed by atoms with Crippen molar-refractivity contribution in [2.24, 2.45) is 35.5 Å². The molecule has 0 bridgehead atoms. The number of hydrogen-bond donors (Lipinski definition) is 4. The molecule has 24 atom stereocenters. The summed E-state index contributed by atoms with van der Waals surface area (Å²) in [4.78, 5) is 12.0. The number of methoxy groups -OCH3 is 3. The quantitative estimate of drug-likeness (QED) is 0.213. The normalized spacial score (nSPS) is 54.2. The van der Waals surface area contributed by atoms with Crippen molar-refractivity contribution >= 4 is 5.97 Å². The van der Waals surface area contributed by atoms with Crippen LogP contribution in [-0.4, -0.2) is 156 Å². The summed E-state index contributed by atoms with van der Waals surface area (Å²) < 4.78 is 71.9. The van der Waals surface area contributed by atoms with Gasteiger partial charge in [-0.1, -0.05) is 41.5 Å². The first-order valence-corrected chi connectivity index (χ1v) is 23.4. The molecule has 0 aromatic heterocycles. The topological polar surface area (TPSA) is 200 Å². The molecule has 16 heteroatoms. The van der Waals surface area contributed by atoms with Crippen LogP contribution < -0.4 is 0 Å². The van der Waals surface area contributed by atoms with Crippen molar-refractivity contribution in [2.45, 2.75) is 229 Å². The van der Waals surface area contributed by atoms with Gasteiger partial charge in [0.2, 0.25) is 11.9 Å². The molecule has 16 nitrogen and oxygen atoms in total. The first-order valence-electron chi connectivity index (χ1n) is 23.4. The van der Waals surface area contributed by atoms with E-state index in [1.54, 1.807) is 28.1 Å². The fourth-order valence-electron chi connectivity index (χ4n) is 12.7. The van der Waals surface area contributed by atoms with Gasteiger partial charge < -0.3 is 72.5 Å². The van der Waals surface area contributed by atoms with Crippen molar-refractivity contribution in [1.29, 1.82) is 0 Å². The molecular formula is C46H78O16. The van der Waals surface area contributed by atoms with E-state index in [-0.39, 0.29) is 78.7 Å². The number of aliphatic carboxylic acids is 1. The zero-order chi connectivity index (χ0) is 45.3. The minimum absolute atomic E-state index is 0.0139. The Kier molecular flexibility index (Phi) is 14.6. The van der Waals surface area contributed by atoms with Crippen molar-refractivity contribution in [3.05, 3.63) is 0 Å². The maximum Gasteiger partial charge on any atom is 0.338 e. The third kappa shape index (κ3) is 8.91. The van der Waals surface area contributed by atoms with Crippen LogP contribution in [0.4, 0.5) is 0 Å². The second-order valence-corrected chi connectivity index (χ2v) is 20.7. The van der Waals surface area contributed by atoms with Crippen molar-refractivity contribution in [2.75, 3.05) is 21.3 Å². The van der Waals surface area contributed by atoms with Crippen LogP contribution in [0.25, 0.3) is 0 Å². The summed E-state index contributed by atoms with van der Waals surface area (Å²) in [7, 11) is 4.90. The summed E-state index contributed by atoms with van der Waals surface area (Å²) in [5.74, 6) is -7.53. The van der Waals surface area contributed by atoms with Gasteiger partial charge in [-0.3, -0.25) is 0 Å². The highest BCUT2D eigenvalue weighted by Crippen LogP contribution is 2.56. The van der Waals surface area contributed by atoms with E-state index < -0.39 is 77.8 Å². The molecule has 7 aliphatic rings. The Labute approximate surface area is 368 Å². The van der Waals surface area contributed by atoms with E-state index in [0.29, 0.717) is 25.7 Å². The number of carboxylic acid groups (broad SMARTS) is 1. The molecule has 0 saturated carbocycles. The largest absolute Gasteiger partial charge is 0.479 e. The molecule has 7 rings (SSSR count). The fraction of sp³-hybridized carbons (Fsp3) is 0.978. The lowest BCUT2D eigenvalue weighted by atomic mass is 9.75. The lowest BCUT2D eigenvalue weighted by Gasteiger charge is -2.53. The predicted molar refractivity (Wildman–Crippen MR) is 222 cm³/mol. The zero-order valence-corrected chi connectivity index (χ0v) is 39.1. The van der Waals surface area contributed by atoms with E-state index >= 15 is 0 Å². The predicted octanol–water partition coefficient (Wildman–Crippen LogP) is 4.55. The second kappa shape index (κ2) is 18.5. The highest BCUT2D eigenvalue weighted by atomic mass is 16.7. The zero-order valence-electron chi connectivity index (χ0n) is 39.1. The first-order chi connectivity index (χ1) is 29.1. The van der Waals surface area contributed by atoms with E-state index in [9.17, 15) is 25.2 Å². The van der Waals surface area contributed by atoms with Gasteiger partial charge in [0.05, 0.1) is 72.7 Å². The Morgan fingerprint density at radius 3 is 2.08 bits per heavy atom. The highest BCUT2D eigenvalue weighted by Gasteiger charge is 2.66. The third-order valence-corrected chi connectivity index (χ3v) is 16.5. The van der Waals surface area contributed by atoms with E-state index in [1.807, 2.05) is 20.8 Å². The Hall–Kier alpha value is -1.09. The molecule has 1 spiro atoms. The summed E-state index contributed by atoms with van der Waals surface area (Å²) in [6.45, 7) is 17.8. The van der Waals surface area contributed by atoms with Gasteiger partial charge in [0.25, 0.3) is 0 Å². The molecule has 0 aromatic carbocycles. The number of hydrogen-bond acceptors (Lipinski definition) is 15. The summed E-state index contributed by atoms with van der Waals surface area (Å²) in [6, 6.07) is 0. The molecule has 62 heavy (non-hydrogen) atoms. The van der Waals surface area contributed by atoms with Crippen LogP contribution in [0.5, 0.6) is 0 Å². The van der Waals surface area contributed by atoms with Crippen LogP contribution in [0.3, 0.4) is 0 Å². The van der Waals surface area contributed by atoms with Crippen molar-refractivity contribution in [3.63, 3.8) is 0 Å². The van der Waals surface area contributed by atoms with Gasteiger partial charge >= 0.3 is 5.97 Å². The molecule has 7 fully saturated rings. The average molecular weight is 887 g/mol. The molecule has 0 aromatic rings. The lowest BCUT2D eigenvalue weighted by Crippen LogP contribution is -2.65. The minimum atomic E-state index is -2.39. The molecule has 0 radical (unpaired) electrons. The highest BCUT2D eigenvalue weighted by molar-refractivity contribution is 5.73. The molecule has 358 valence electrons. The summed E-state index contributed by atoms with van der Waals surface area (Å²) in [5, 5.41) is 43.1. The summed E-state index contributed by atoms with van der Waals surface area (Å²) in [6.07, 6.45) is -0.906. The number of aliphatic hydroxyl groups is 3. The van der Waals surface area contributed by atoms with E-state index in [2.05, 4.69) is 27.7 Å². The minimum Gasteiger partial charge on any atom is -0.479 e. The van der Waals surface area contributed by atoms with Gasteiger partial charge in [-0.15, -0.1) is 0 Å². The molecule has 7 aliphatic heterocycles. The van der Waals surface area contributed by atoms with Crippen LogP contribution in [0, 0.1) is 35.5 Å². The molecule has 0 aliphatic carbocycles. The number of ether oxygens (including phenoxy) is 11. The van der Waals surface area contributed by atoms with E-state index in [1.165, 1.54) is 7.11 Å². The number of aliphatic hydroxyl groups excluding tert-OH is 1. The molecule has 24 unspecified atom stereocenters. The molecule has 4 N–H and O–H groups in total. The van der Waals surface area contributed by atoms with Crippen LogP contribution in [0.2, 0.25) is 0 Å². The van der Waals surface area contributed by atoms with Crippen molar-refractivity contribution in [3.8, 4) is 0 Å². The Morgan fingerprint density at radius 2 is 1.44 bits per heavy atom. The third-order valence-electron chi connectivity index (χ3n) is 16.5. The van der Waals surface area contributed by atoms with Crippen LogP contribution >= 0.6 is 0 Å². The van der Waals surface area contributed by atoms with Gasteiger partial charge in [0.15, 0.2) is 17.9 Å². The van der Waals surface area contributed by atoms with Crippen LogP contribution in [-0.2, 0) is 56.9 Å². The first kappa shape index (κ1) is 48.8. The fourth-order valence-corrected chi connectivity index (χ4v) is 12.7. The summed E-state index contributed by atoms with van der Waals surface area (Å²) >= 11 is 0. The maximum absolute atomic E-state index is 12.0. The molecule has 7 heterocycles. The van der Waals surface area contributed by atoms with Gasteiger partial charge in [0.1, 0.15) is 6.10 Å². The van der Waals surface area contributed by atoms with E-state index in [0.717, 1.165) is 25.7 Å². The molecule has 0 amide bonds. The Bertz CT molecular complexity index is 1530.